The first kappa shape index (κ1) is 20.9. The predicted octanol–water partition coefficient (Wildman–Crippen LogP) is 3.26. The Hall–Kier alpha value is -3.68. The number of fused-ring (bicyclic) bond motifs is 2. The lowest BCUT2D eigenvalue weighted by atomic mass is 9.67. The molecule has 3 aliphatic rings. The molecule has 3 aromatic rings. The Morgan fingerprint density at radius 2 is 2.03 bits per heavy atom. The van der Waals surface area contributed by atoms with Gasteiger partial charge in [-0.25, -0.2) is 0 Å². The summed E-state index contributed by atoms with van der Waals surface area (Å²) in [5, 5.41) is 6.79. The minimum Gasteiger partial charge on any atom is -0.360 e. The average molecular weight is 458 g/mol. The smallest absolute Gasteiger partial charge is 0.254 e. The van der Waals surface area contributed by atoms with E-state index in [0.717, 1.165) is 48.0 Å². The molecule has 0 bridgehead atoms. The standard InChI is InChI=1S/C26H27N5O3/c32-23-6-5-17-19(3-1-4-21(17)30-23)25(34)31-15-26(8-2-9-26)11-16(31)12-29-24(33)20-13-27-14-22-18(20)7-10-28-22/h1,3-4,7,10,13-14,16,28H,2,5-6,8-9,11-12,15H2,(H,29,33)(H,30,32). The van der Waals surface area contributed by atoms with E-state index in [9.17, 15) is 14.4 Å². The van der Waals surface area contributed by atoms with Crippen molar-refractivity contribution in [3.8, 4) is 0 Å². The number of aromatic amines is 1. The Kier molecular flexibility index (Phi) is 4.90. The van der Waals surface area contributed by atoms with Gasteiger partial charge in [0.25, 0.3) is 11.8 Å². The zero-order valence-electron chi connectivity index (χ0n) is 18.9. The van der Waals surface area contributed by atoms with Gasteiger partial charge in [-0.15, -0.1) is 0 Å². The fourth-order valence-electron chi connectivity index (χ4n) is 5.87. The van der Waals surface area contributed by atoms with Crippen LogP contribution in [0, 0.1) is 5.41 Å². The number of aromatic nitrogens is 2. The van der Waals surface area contributed by atoms with E-state index in [1.54, 1.807) is 18.6 Å². The van der Waals surface area contributed by atoms with Gasteiger partial charge in [-0.1, -0.05) is 12.5 Å². The lowest BCUT2D eigenvalue weighted by Crippen LogP contribution is -2.44. The zero-order valence-corrected chi connectivity index (χ0v) is 18.9. The number of nitrogens with one attached hydrogen (secondary N) is 3. The van der Waals surface area contributed by atoms with Crippen molar-refractivity contribution in [3.63, 3.8) is 0 Å². The lowest BCUT2D eigenvalue weighted by Gasteiger charge is -2.38. The summed E-state index contributed by atoms with van der Waals surface area (Å²) in [6.07, 6.45) is 10.4. The lowest BCUT2D eigenvalue weighted by molar-refractivity contribution is -0.116. The molecule has 8 heteroatoms. The van der Waals surface area contributed by atoms with Crippen molar-refractivity contribution in [1.29, 1.82) is 0 Å². The molecule has 4 heterocycles. The van der Waals surface area contributed by atoms with Crippen molar-refractivity contribution >= 4 is 34.3 Å². The van der Waals surface area contributed by atoms with Crippen molar-refractivity contribution in [2.24, 2.45) is 5.41 Å². The number of rotatable bonds is 4. The number of benzene rings is 1. The highest BCUT2D eigenvalue weighted by atomic mass is 16.2. The maximum Gasteiger partial charge on any atom is 0.254 e. The summed E-state index contributed by atoms with van der Waals surface area (Å²) >= 11 is 0. The van der Waals surface area contributed by atoms with Crippen LogP contribution in [0.5, 0.6) is 0 Å². The van der Waals surface area contributed by atoms with E-state index in [-0.39, 0.29) is 29.2 Å². The summed E-state index contributed by atoms with van der Waals surface area (Å²) in [7, 11) is 0. The minimum absolute atomic E-state index is 0.00887. The van der Waals surface area contributed by atoms with Crippen molar-refractivity contribution < 1.29 is 14.4 Å². The number of carbonyl (C=O) groups excluding carboxylic acids is 3. The highest BCUT2D eigenvalue weighted by Gasteiger charge is 2.49. The van der Waals surface area contributed by atoms with Crippen LogP contribution in [0.2, 0.25) is 0 Å². The Morgan fingerprint density at radius 3 is 2.85 bits per heavy atom. The third kappa shape index (κ3) is 3.45. The summed E-state index contributed by atoms with van der Waals surface area (Å²) in [6.45, 7) is 1.12. The molecular formula is C26H27N5O3. The molecule has 3 N–H and O–H groups in total. The predicted molar refractivity (Wildman–Crippen MR) is 128 cm³/mol. The fourth-order valence-corrected chi connectivity index (χ4v) is 5.87. The molecule has 2 fully saturated rings. The molecule has 1 atom stereocenters. The molecule has 1 saturated carbocycles. The second kappa shape index (κ2) is 7.97. The monoisotopic (exact) mass is 457 g/mol. The van der Waals surface area contributed by atoms with Gasteiger partial charge < -0.3 is 20.5 Å². The molecule has 1 aliphatic carbocycles. The van der Waals surface area contributed by atoms with Crippen LogP contribution >= 0.6 is 0 Å². The second-order valence-electron chi connectivity index (χ2n) is 9.86. The van der Waals surface area contributed by atoms with Crippen LogP contribution in [-0.2, 0) is 11.2 Å². The van der Waals surface area contributed by atoms with Crippen LogP contribution in [-0.4, -0.2) is 51.7 Å². The number of hydrogen-bond acceptors (Lipinski definition) is 4. The highest BCUT2D eigenvalue weighted by Crippen LogP contribution is 2.50. The van der Waals surface area contributed by atoms with E-state index in [1.807, 2.05) is 29.2 Å². The minimum atomic E-state index is -0.181. The van der Waals surface area contributed by atoms with E-state index >= 15 is 0 Å². The molecule has 6 rings (SSSR count). The Morgan fingerprint density at radius 1 is 1.15 bits per heavy atom. The van der Waals surface area contributed by atoms with E-state index < -0.39 is 0 Å². The highest BCUT2D eigenvalue weighted by molar-refractivity contribution is 6.06. The number of pyridine rings is 1. The molecule has 8 nitrogen and oxygen atoms in total. The SMILES string of the molecule is O=C1CCc2c(cccc2C(=O)N2CC3(CCC3)CC2CNC(=O)c2cncc3[nH]ccc23)N1. The van der Waals surface area contributed by atoms with E-state index in [2.05, 4.69) is 20.6 Å². The molecule has 1 aromatic carbocycles. The molecule has 1 unspecified atom stereocenters. The quantitative estimate of drug-likeness (QED) is 0.559. The van der Waals surface area contributed by atoms with Gasteiger partial charge in [0, 0.05) is 54.6 Å². The van der Waals surface area contributed by atoms with Crippen LogP contribution < -0.4 is 10.6 Å². The molecule has 2 aromatic heterocycles. The molecule has 1 saturated heterocycles. The number of hydrogen-bond donors (Lipinski definition) is 3. The summed E-state index contributed by atoms with van der Waals surface area (Å²) in [5.74, 6) is -0.205. The van der Waals surface area contributed by atoms with E-state index in [0.29, 0.717) is 30.5 Å². The first-order chi connectivity index (χ1) is 16.5. The summed E-state index contributed by atoms with van der Waals surface area (Å²) in [5.41, 5.74) is 3.81. The molecular weight excluding hydrogens is 430 g/mol. The maximum absolute atomic E-state index is 13.8. The number of H-pyrrole nitrogens is 1. The number of likely N-dealkylation sites (tertiary alicyclic amines) is 1. The third-order valence-corrected chi connectivity index (χ3v) is 7.79. The zero-order chi connectivity index (χ0) is 23.3. The fraction of sp³-hybridized carbons (Fsp3) is 0.385. The Balaban J connectivity index is 1.24. The first-order valence-corrected chi connectivity index (χ1v) is 12.0. The van der Waals surface area contributed by atoms with Gasteiger partial charge in [-0.05, 0) is 54.9 Å². The molecule has 3 amide bonds. The van der Waals surface area contributed by atoms with Gasteiger partial charge in [0.2, 0.25) is 5.91 Å². The molecule has 2 aliphatic heterocycles. The van der Waals surface area contributed by atoms with Crippen LogP contribution in [0.25, 0.3) is 10.9 Å². The summed E-state index contributed by atoms with van der Waals surface area (Å²) in [4.78, 5) is 47.8. The topological polar surface area (TPSA) is 107 Å². The summed E-state index contributed by atoms with van der Waals surface area (Å²) < 4.78 is 0. The number of amides is 3. The van der Waals surface area contributed by atoms with Crippen molar-refractivity contribution in [2.75, 3.05) is 18.4 Å². The van der Waals surface area contributed by atoms with Gasteiger partial charge in [0.05, 0.1) is 17.3 Å². The van der Waals surface area contributed by atoms with E-state index in [1.165, 1.54) is 6.42 Å². The van der Waals surface area contributed by atoms with Gasteiger partial charge in [0.15, 0.2) is 0 Å². The second-order valence-corrected chi connectivity index (χ2v) is 9.86. The number of carbonyl (C=O) groups is 3. The molecule has 34 heavy (non-hydrogen) atoms. The van der Waals surface area contributed by atoms with Crippen LogP contribution in [0.15, 0.2) is 42.9 Å². The van der Waals surface area contributed by atoms with Crippen molar-refractivity contribution in [1.82, 2.24) is 20.2 Å². The number of anilines is 1. The third-order valence-electron chi connectivity index (χ3n) is 7.79. The Labute approximate surface area is 197 Å². The van der Waals surface area contributed by atoms with Crippen molar-refractivity contribution in [2.45, 2.75) is 44.6 Å². The molecule has 174 valence electrons. The van der Waals surface area contributed by atoms with Gasteiger partial charge in [0.1, 0.15) is 0 Å². The molecule has 0 radical (unpaired) electrons. The normalized spacial score (nSPS) is 20.6. The largest absolute Gasteiger partial charge is 0.360 e. The average Bonchev–Trinajstić information content (AvgIpc) is 3.46. The van der Waals surface area contributed by atoms with E-state index in [4.69, 9.17) is 0 Å². The van der Waals surface area contributed by atoms with Gasteiger partial charge in [-0.3, -0.25) is 19.4 Å². The maximum atomic E-state index is 13.8. The van der Waals surface area contributed by atoms with Gasteiger partial charge in [-0.2, -0.15) is 0 Å². The van der Waals surface area contributed by atoms with Gasteiger partial charge >= 0.3 is 0 Å². The van der Waals surface area contributed by atoms with Crippen LogP contribution in [0.4, 0.5) is 5.69 Å². The number of nitrogens with zero attached hydrogens (tertiary/aromatic N) is 2. The van der Waals surface area contributed by atoms with Crippen LogP contribution in [0.3, 0.4) is 0 Å². The van der Waals surface area contributed by atoms with Crippen molar-refractivity contribution in [3.05, 3.63) is 59.5 Å². The Bertz CT molecular complexity index is 1310. The van der Waals surface area contributed by atoms with Crippen LogP contribution in [0.1, 0.15) is 58.4 Å². The molecule has 1 spiro atoms. The summed E-state index contributed by atoms with van der Waals surface area (Å²) in [6, 6.07) is 7.35. The first-order valence-electron chi connectivity index (χ1n) is 12.0.